The molecule has 0 aliphatic carbocycles. The summed E-state index contributed by atoms with van der Waals surface area (Å²) in [5.74, 6) is 0. The second kappa shape index (κ2) is 5.72. The van der Waals surface area contributed by atoms with Crippen LogP contribution < -0.4 is 10.6 Å². The molecule has 1 aromatic rings. The molecule has 1 aliphatic heterocycles. The molecule has 1 unspecified atom stereocenters. The van der Waals surface area contributed by atoms with E-state index in [0.29, 0.717) is 6.04 Å². The Morgan fingerprint density at radius 3 is 2.72 bits per heavy atom. The molecule has 1 heterocycles. The Morgan fingerprint density at radius 2 is 2.11 bits per heavy atom. The van der Waals surface area contributed by atoms with Crippen LogP contribution in [0.1, 0.15) is 18.1 Å². The number of rotatable bonds is 3. The van der Waals surface area contributed by atoms with Crippen molar-refractivity contribution in [2.24, 2.45) is 5.73 Å². The molecule has 0 radical (unpaired) electrons. The SMILES string of the molecule is Cc1cc(N2CCN(C)CC2C)ccc1CCN. The van der Waals surface area contributed by atoms with Crippen molar-refractivity contribution in [1.29, 1.82) is 0 Å². The van der Waals surface area contributed by atoms with Crippen molar-refractivity contribution in [3.63, 3.8) is 0 Å². The Morgan fingerprint density at radius 1 is 1.33 bits per heavy atom. The van der Waals surface area contributed by atoms with Gasteiger partial charge in [0.2, 0.25) is 0 Å². The van der Waals surface area contributed by atoms with Crippen LogP contribution in [0, 0.1) is 6.92 Å². The third-order valence-corrected chi connectivity index (χ3v) is 3.90. The lowest BCUT2D eigenvalue weighted by Crippen LogP contribution is -2.50. The zero-order valence-electron chi connectivity index (χ0n) is 11.8. The van der Waals surface area contributed by atoms with Crippen molar-refractivity contribution < 1.29 is 0 Å². The third kappa shape index (κ3) is 2.85. The smallest absolute Gasteiger partial charge is 0.0389 e. The summed E-state index contributed by atoms with van der Waals surface area (Å²) in [6.07, 6.45) is 0.977. The first-order chi connectivity index (χ1) is 8.61. The normalized spacial score (nSPS) is 21.3. The summed E-state index contributed by atoms with van der Waals surface area (Å²) in [6, 6.07) is 7.39. The summed E-state index contributed by atoms with van der Waals surface area (Å²) in [6.45, 7) is 8.63. The van der Waals surface area contributed by atoms with Crippen molar-refractivity contribution >= 4 is 5.69 Å². The Kier molecular flexibility index (Phi) is 4.25. The lowest BCUT2D eigenvalue weighted by Gasteiger charge is -2.40. The minimum atomic E-state index is 0.587. The predicted molar refractivity (Wildman–Crippen MR) is 78.2 cm³/mol. The molecule has 1 saturated heterocycles. The number of benzene rings is 1. The molecular weight excluding hydrogens is 222 g/mol. The Bertz CT molecular complexity index is 403. The number of nitrogens with two attached hydrogens (primary N) is 1. The highest BCUT2D eigenvalue weighted by Gasteiger charge is 2.21. The summed E-state index contributed by atoms with van der Waals surface area (Å²) < 4.78 is 0. The van der Waals surface area contributed by atoms with Crippen LogP contribution in [0.4, 0.5) is 5.69 Å². The summed E-state index contributed by atoms with van der Waals surface area (Å²) in [4.78, 5) is 4.91. The second-order valence-electron chi connectivity index (χ2n) is 5.45. The Hall–Kier alpha value is -1.06. The molecule has 0 spiro atoms. The van der Waals surface area contributed by atoms with Gasteiger partial charge >= 0.3 is 0 Å². The Labute approximate surface area is 111 Å². The van der Waals surface area contributed by atoms with Crippen LogP contribution in [0.2, 0.25) is 0 Å². The van der Waals surface area contributed by atoms with E-state index in [4.69, 9.17) is 5.73 Å². The van der Waals surface area contributed by atoms with Gasteiger partial charge in [-0.15, -0.1) is 0 Å². The quantitative estimate of drug-likeness (QED) is 0.881. The zero-order valence-corrected chi connectivity index (χ0v) is 11.8. The van der Waals surface area contributed by atoms with Crippen LogP contribution in [0.25, 0.3) is 0 Å². The van der Waals surface area contributed by atoms with Crippen molar-refractivity contribution in [1.82, 2.24) is 4.90 Å². The molecule has 0 aromatic heterocycles. The fraction of sp³-hybridized carbons (Fsp3) is 0.600. The Balaban J connectivity index is 2.16. The fourth-order valence-electron chi connectivity index (χ4n) is 2.82. The molecule has 1 aromatic carbocycles. The minimum absolute atomic E-state index is 0.587. The molecule has 1 fully saturated rings. The highest BCUT2D eigenvalue weighted by atomic mass is 15.3. The molecule has 0 bridgehead atoms. The molecule has 1 atom stereocenters. The predicted octanol–water partition coefficient (Wildman–Crippen LogP) is 1.64. The first-order valence-electron chi connectivity index (χ1n) is 6.86. The van der Waals surface area contributed by atoms with E-state index in [1.165, 1.54) is 16.8 Å². The van der Waals surface area contributed by atoms with Gasteiger partial charge in [-0.25, -0.2) is 0 Å². The maximum absolute atomic E-state index is 5.63. The molecule has 100 valence electrons. The van der Waals surface area contributed by atoms with Crippen LogP contribution in [-0.2, 0) is 6.42 Å². The second-order valence-corrected chi connectivity index (χ2v) is 5.45. The summed E-state index contributed by atoms with van der Waals surface area (Å²) in [7, 11) is 2.20. The molecular formula is C15H25N3. The van der Waals surface area contributed by atoms with Crippen LogP contribution in [-0.4, -0.2) is 44.2 Å². The van der Waals surface area contributed by atoms with E-state index >= 15 is 0 Å². The molecule has 2 N–H and O–H groups in total. The van der Waals surface area contributed by atoms with E-state index in [1.807, 2.05) is 0 Å². The topological polar surface area (TPSA) is 32.5 Å². The van der Waals surface area contributed by atoms with Crippen molar-refractivity contribution in [3.05, 3.63) is 29.3 Å². The van der Waals surface area contributed by atoms with Crippen molar-refractivity contribution in [2.45, 2.75) is 26.3 Å². The lowest BCUT2D eigenvalue weighted by molar-refractivity contribution is 0.275. The molecule has 18 heavy (non-hydrogen) atoms. The van der Waals surface area contributed by atoms with Gasteiger partial charge in [0.05, 0.1) is 0 Å². The van der Waals surface area contributed by atoms with E-state index in [1.54, 1.807) is 0 Å². The monoisotopic (exact) mass is 247 g/mol. The number of hydrogen-bond acceptors (Lipinski definition) is 3. The van der Waals surface area contributed by atoms with Crippen LogP contribution in [0.5, 0.6) is 0 Å². The highest BCUT2D eigenvalue weighted by molar-refractivity contribution is 5.52. The maximum atomic E-state index is 5.63. The largest absolute Gasteiger partial charge is 0.366 e. The van der Waals surface area contributed by atoms with Gasteiger partial charge in [0.1, 0.15) is 0 Å². The van der Waals surface area contributed by atoms with Gasteiger partial charge < -0.3 is 15.5 Å². The van der Waals surface area contributed by atoms with Crippen molar-refractivity contribution in [3.8, 4) is 0 Å². The van der Waals surface area contributed by atoms with Gasteiger partial charge in [0.15, 0.2) is 0 Å². The molecule has 0 saturated carbocycles. The summed E-state index contributed by atoms with van der Waals surface area (Å²) in [5.41, 5.74) is 9.73. The molecule has 1 aliphatic rings. The third-order valence-electron chi connectivity index (χ3n) is 3.90. The van der Waals surface area contributed by atoms with Gasteiger partial charge in [0, 0.05) is 31.4 Å². The van der Waals surface area contributed by atoms with Crippen LogP contribution in [0.3, 0.4) is 0 Å². The average molecular weight is 247 g/mol. The minimum Gasteiger partial charge on any atom is -0.366 e. The summed E-state index contributed by atoms with van der Waals surface area (Å²) >= 11 is 0. The molecule has 2 rings (SSSR count). The number of hydrogen-bond donors (Lipinski definition) is 1. The molecule has 3 heteroatoms. The number of likely N-dealkylation sites (N-methyl/N-ethyl adjacent to an activating group) is 1. The van der Waals surface area contributed by atoms with E-state index in [9.17, 15) is 0 Å². The zero-order chi connectivity index (χ0) is 13.1. The molecule has 3 nitrogen and oxygen atoms in total. The standard InChI is InChI=1S/C15H25N3/c1-12-10-15(5-4-14(12)6-7-16)18-9-8-17(3)11-13(18)2/h4-5,10,13H,6-9,11,16H2,1-3H3. The van der Waals surface area contributed by atoms with Gasteiger partial charge in [-0.2, -0.15) is 0 Å². The number of anilines is 1. The van der Waals surface area contributed by atoms with Crippen molar-refractivity contribution in [2.75, 3.05) is 38.1 Å². The first-order valence-corrected chi connectivity index (χ1v) is 6.86. The number of aryl methyl sites for hydroxylation is 1. The number of piperazine rings is 1. The van der Waals surface area contributed by atoms with Gasteiger partial charge in [-0.05, 0) is 57.1 Å². The van der Waals surface area contributed by atoms with E-state index in [-0.39, 0.29) is 0 Å². The first kappa shape index (κ1) is 13.4. The van der Waals surface area contributed by atoms with Gasteiger partial charge in [-0.1, -0.05) is 6.07 Å². The molecule has 0 amide bonds. The summed E-state index contributed by atoms with van der Waals surface area (Å²) in [5, 5.41) is 0. The van der Waals surface area contributed by atoms with Crippen LogP contribution in [0.15, 0.2) is 18.2 Å². The lowest BCUT2D eigenvalue weighted by atomic mass is 10.0. The van der Waals surface area contributed by atoms with E-state index in [0.717, 1.165) is 32.6 Å². The fourth-order valence-corrected chi connectivity index (χ4v) is 2.82. The van der Waals surface area contributed by atoms with E-state index in [2.05, 4.69) is 48.9 Å². The number of nitrogens with zero attached hydrogens (tertiary/aromatic N) is 2. The average Bonchev–Trinajstić information content (AvgIpc) is 2.32. The van der Waals surface area contributed by atoms with Crippen LogP contribution >= 0.6 is 0 Å². The van der Waals surface area contributed by atoms with E-state index < -0.39 is 0 Å². The highest BCUT2D eigenvalue weighted by Crippen LogP contribution is 2.23. The van der Waals surface area contributed by atoms with Gasteiger partial charge in [0.25, 0.3) is 0 Å². The van der Waals surface area contributed by atoms with Gasteiger partial charge in [-0.3, -0.25) is 0 Å². The maximum Gasteiger partial charge on any atom is 0.0389 e.